The molecule has 0 unspecified atom stereocenters. The Bertz CT molecular complexity index is 2720. The molecule has 0 bridgehead atoms. The summed E-state index contributed by atoms with van der Waals surface area (Å²) in [6.07, 6.45) is 0. The molecular formula is C39H23N3S2. The van der Waals surface area contributed by atoms with Crippen LogP contribution in [0.3, 0.4) is 0 Å². The third-order valence-electron chi connectivity index (χ3n) is 8.76. The van der Waals surface area contributed by atoms with Crippen LogP contribution in [0.2, 0.25) is 0 Å². The van der Waals surface area contributed by atoms with Gasteiger partial charge in [-0.05, 0) is 60.7 Å². The van der Waals surface area contributed by atoms with E-state index in [1.165, 1.54) is 57.8 Å². The Morgan fingerprint density at radius 1 is 0.455 bits per heavy atom. The van der Waals surface area contributed by atoms with Crippen molar-refractivity contribution in [3.63, 3.8) is 0 Å². The highest BCUT2D eigenvalue weighted by Gasteiger charge is 2.22. The molecule has 0 amide bonds. The van der Waals surface area contributed by atoms with Gasteiger partial charge in [-0.25, -0.2) is 4.98 Å². The number of fused-ring (bicyclic) bond motifs is 9. The van der Waals surface area contributed by atoms with Crippen LogP contribution in [0.25, 0.3) is 85.4 Å². The van der Waals surface area contributed by atoms with Crippen LogP contribution in [-0.4, -0.2) is 14.0 Å². The van der Waals surface area contributed by atoms with Gasteiger partial charge in [-0.3, -0.25) is 4.40 Å². The van der Waals surface area contributed by atoms with Gasteiger partial charge in [0.2, 0.25) is 0 Å². The number of nitrogens with zero attached hydrogens (tertiary/aromatic N) is 3. The second-order valence-corrected chi connectivity index (χ2v) is 13.3. The zero-order valence-corrected chi connectivity index (χ0v) is 25.1. The molecule has 0 fully saturated rings. The summed E-state index contributed by atoms with van der Waals surface area (Å²) < 4.78 is 8.60. The molecule has 0 saturated heterocycles. The lowest BCUT2D eigenvalue weighted by Crippen LogP contribution is -1.93. The zero-order valence-electron chi connectivity index (χ0n) is 23.4. The molecule has 5 heteroatoms. The molecule has 6 aromatic carbocycles. The van der Waals surface area contributed by atoms with Crippen molar-refractivity contribution in [2.75, 3.05) is 0 Å². The van der Waals surface area contributed by atoms with Crippen LogP contribution >= 0.6 is 22.7 Å². The normalized spacial score (nSPS) is 12.1. The molecule has 0 N–H and O–H groups in total. The smallest absolute Gasteiger partial charge is 0.195 e. The molecule has 10 aromatic rings. The number of para-hydroxylation sites is 3. The Balaban J connectivity index is 1.28. The quantitative estimate of drug-likeness (QED) is 0.199. The zero-order chi connectivity index (χ0) is 28.8. The number of benzene rings is 6. The third kappa shape index (κ3) is 3.39. The number of imidazole rings is 1. The van der Waals surface area contributed by atoms with E-state index in [1.807, 2.05) is 11.3 Å². The SMILES string of the molecule is c1ccc(-n2c3ccccc3c3cc(-c4nc5sc6ccccc6n5c4-c4ccc5sc6ccccc6c5c4)ccc32)cc1. The number of hydrogen-bond donors (Lipinski definition) is 0. The summed E-state index contributed by atoms with van der Waals surface area (Å²) in [5.41, 5.74) is 9.21. The minimum Gasteiger partial charge on any atom is -0.309 e. The maximum atomic E-state index is 5.36. The molecule has 0 saturated carbocycles. The molecule has 0 radical (unpaired) electrons. The topological polar surface area (TPSA) is 22.2 Å². The number of aromatic nitrogens is 3. The highest BCUT2D eigenvalue weighted by atomic mass is 32.1. The van der Waals surface area contributed by atoms with Gasteiger partial charge < -0.3 is 4.57 Å². The van der Waals surface area contributed by atoms with E-state index in [2.05, 4.69) is 148 Å². The van der Waals surface area contributed by atoms with Crippen molar-refractivity contribution >= 4 is 79.8 Å². The van der Waals surface area contributed by atoms with Gasteiger partial charge in [-0.1, -0.05) is 90.2 Å². The van der Waals surface area contributed by atoms with Crippen molar-refractivity contribution in [1.29, 1.82) is 0 Å². The van der Waals surface area contributed by atoms with Crippen LogP contribution in [-0.2, 0) is 0 Å². The predicted molar refractivity (Wildman–Crippen MR) is 189 cm³/mol. The Kier molecular flexibility index (Phi) is 5.03. The van der Waals surface area contributed by atoms with Crippen LogP contribution in [0.15, 0.2) is 140 Å². The minimum absolute atomic E-state index is 1.01. The molecule has 0 aliphatic rings. The largest absolute Gasteiger partial charge is 0.309 e. The van der Waals surface area contributed by atoms with Gasteiger partial charge in [0.25, 0.3) is 0 Å². The lowest BCUT2D eigenvalue weighted by molar-refractivity contribution is 1.18. The summed E-state index contributed by atoms with van der Waals surface area (Å²) in [6, 6.07) is 50.5. The maximum absolute atomic E-state index is 5.36. The Morgan fingerprint density at radius 2 is 1.11 bits per heavy atom. The second kappa shape index (κ2) is 9.13. The first-order chi connectivity index (χ1) is 21.8. The van der Waals surface area contributed by atoms with Gasteiger partial charge in [0.05, 0.1) is 32.6 Å². The summed E-state index contributed by atoms with van der Waals surface area (Å²) in [4.78, 5) is 6.37. The number of thiophene rings is 1. The minimum atomic E-state index is 1.01. The molecule has 4 aromatic heterocycles. The third-order valence-corrected chi connectivity index (χ3v) is 10.9. The monoisotopic (exact) mass is 597 g/mol. The molecule has 206 valence electrons. The van der Waals surface area contributed by atoms with Crippen molar-refractivity contribution in [1.82, 2.24) is 14.0 Å². The van der Waals surface area contributed by atoms with Crippen molar-refractivity contribution in [3.05, 3.63) is 140 Å². The van der Waals surface area contributed by atoms with Crippen molar-refractivity contribution in [2.45, 2.75) is 0 Å². The fraction of sp³-hybridized carbons (Fsp3) is 0. The molecule has 0 aliphatic heterocycles. The highest BCUT2D eigenvalue weighted by molar-refractivity contribution is 7.25. The molecule has 4 heterocycles. The van der Waals surface area contributed by atoms with Crippen LogP contribution in [0.1, 0.15) is 0 Å². The summed E-state index contributed by atoms with van der Waals surface area (Å²) in [6.45, 7) is 0. The molecular weight excluding hydrogens is 575 g/mol. The van der Waals surface area contributed by atoms with Gasteiger partial charge >= 0.3 is 0 Å². The molecule has 44 heavy (non-hydrogen) atoms. The summed E-state index contributed by atoms with van der Waals surface area (Å²) in [5.74, 6) is 0. The summed E-state index contributed by atoms with van der Waals surface area (Å²) in [7, 11) is 0. The molecule has 0 aliphatic carbocycles. The Labute approximate surface area is 260 Å². The van der Waals surface area contributed by atoms with E-state index in [1.54, 1.807) is 11.3 Å². The number of thiazole rings is 1. The molecule has 3 nitrogen and oxygen atoms in total. The van der Waals surface area contributed by atoms with Gasteiger partial charge in [-0.2, -0.15) is 0 Å². The fourth-order valence-corrected chi connectivity index (χ4v) is 8.95. The fourth-order valence-electron chi connectivity index (χ4n) is 6.83. The van der Waals surface area contributed by atoms with Gasteiger partial charge in [0.1, 0.15) is 0 Å². The maximum Gasteiger partial charge on any atom is 0.195 e. The van der Waals surface area contributed by atoms with E-state index in [9.17, 15) is 0 Å². The Morgan fingerprint density at radius 3 is 2.00 bits per heavy atom. The second-order valence-electron chi connectivity index (χ2n) is 11.2. The van der Waals surface area contributed by atoms with Crippen molar-refractivity contribution in [3.8, 4) is 28.2 Å². The van der Waals surface area contributed by atoms with E-state index in [-0.39, 0.29) is 0 Å². The van der Waals surface area contributed by atoms with Crippen LogP contribution in [0, 0.1) is 0 Å². The first-order valence-electron chi connectivity index (χ1n) is 14.7. The number of rotatable bonds is 3. The first kappa shape index (κ1) is 24.2. The van der Waals surface area contributed by atoms with Gasteiger partial charge in [0, 0.05) is 47.8 Å². The Hall–Kier alpha value is -5.23. The van der Waals surface area contributed by atoms with E-state index in [4.69, 9.17) is 4.98 Å². The van der Waals surface area contributed by atoms with Crippen LogP contribution in [0.4, 0.5) is 0 Å². The van der Waals surface area contributed by atoms with Crippen LogP contribution in [0.5, 0.6) is 0 Å². The summed E-state index contributed by atoms with van der Waals surface area (Å²) >= 11 is 3.61. The van der Waals surface area contributed by atoms with E-state index in [0.29, 0.717) is 0 Å². The average Bonchev–Trinajstić information content (AvgIpc) is 3.82. The van der Waals surface area contributed by atoms with Crippen molar-refractivity contribution < 1.29 is 0 Å². The lowest BCUT2D eigenvalue weighted by atomic mass is 10.0. The standard InChI is InChI=1S/C39H23N3S2/c1-2-10-26(11-3-1)41-31-14-6-4-12-27(31)29-22-24(18-20-32(29)41)37-38(42-33-15-7-9-17-36(33)44-39(42)40-37)25-19-21-35-30(23-25)28-13-5-8-16-34(28)43-35/h1-23H. The van der Waals surface area contributed by atoms with Crippen molar-refractivity contribution in [2.24, 2.45) is 0 Å². The lowest BCUT2D eigenvalue weighted by Gasteiger charge is -2.09. The molecule has 0 spiro atoms. The highest BCUT2D eigenvalue weighted by Crippen LogP contribution is 2.43. The van der Waals surface area contributed by atoms with Crippen LogP contribution < -0.4 is 0 Å². The molecule has 0 atom stereocenters. The molecule has 10 rings (SSSR count). The van der Waals surface area contributed by atoms with E-state index < -0.39 is 0 Å². The summed E-state index contributed by atoms with van der Waals surface area (Å²) in [5, 5.41) is 5.08. The first-order valence-corrected chi connectivity index (χ1v) is 16.4. The van der Waals surface area contributed by atoms with Gasteiger partial charge in [0.15, 0.2) is 4.96 Å². The van der Waals surface area contributed by atoms with Gasteiger partial charge in [-0.15, -0.1) is 11.3 Å². The predicted octanol–water partition coefficient (Wildman–Crippen LogP) is 11.3. The van der Waals surface area contributed by atoms with E-state index in [0.717, 1.165) is 27.6 Å². The van der Waals surface area contributed by atoms with E-state index >= 15 is 0 Å². The average molecular weight is 598 g/mol. The number of hydrogen-bond acceptors (Lipinski definition) is 3.